The topological polar surface area (TPSA) is 54.0 Å². The predicted molar refractivity (Wildman–Crippen MR) is 101 cm³/mol. The van der Waals surface area contributed by atoms with Crippen molar-refractivity contribution in [2.24, 2.45) is 0 Å². The predicted octanol–water partition coefficient (Wildman–Crippen LogP) is 5.21. The summed E-state index contributed by atoms with van der Waals surface area (Å²) < 4.78 is 0. The summed E-state index contributed by atoms with van der Waals surface area (Å²) in [6, 6.07) is 15.9. The third kappa shape index (κ3) is 4.00. The van der Waals surface area contributed by atoms with E-state index in [1.807, 2.05) is 48.7 Å². The fraction of sp³-hybridized carbons (Fsp3) is 0.158. The molecule has 0 aliphatic heterocycles. The first-order valence-electron chi connectivity index (χ1n) is 7.83. The Balaban J connectivity index is 1.78. The molecule has 122 valence electrons. The lowest BCUT2D eigenvalue weighted by Gasteiger charge is -2.05. The zero-order valence-electron chi connectivity index (χ0n) is 13.7. The molecule has 1 amide bonds. The second-order valence-corrected chi connectivity index (χ2v) is 6.37. The molecule has 0 bridgehead atoms. The minimum Gasteiger partial charge on any atom is -0.332 e. The minimum absolute atomic E-state index is 0.00670. The lowest BCUT2D eigenvalue weighted by molar-refractivity contribution is -0.115. The van der Waals surface area contributed by atoms with Crippen molar-refractivity contribution in [1.82, 2.24) is 4.98 Å². The van der Waals surface area contributed by atoms with Gasteiger partial charge in [0.15, 0.2) is 5.13 Å². The van der Waals surface area contributed by atoms with Crippen LogP contribution in [-0.2, 0) is 4.79 Å². The number of carbonyl (C=O) groups is 1. The molecule has 4 nitrogen and oxygen atoms in total. The smallest absolute Gasteiger partial charge is 0.224 e. The Morgan fingerprint density at radius 2 is 1.92 bits per heavy atom. The van der Waals surface area contributed by atoms with Gasteiger partial charge < -0.3 is 10.6 Å². The number of hydrogen-bond donors (Lipinski definition) is 2. The number of benzene rings is 2. The number of aryl methyl sites for hydroxylation is 1. The minimum atomic E-state index is 0.00670. The molecule has 2 aromatic carbocycles. The third-order valence-corrected chi connectivity index (χ3v) is 4.29. The summed E-state index contributed by atoms with van der Waals surface area (Å²) in [4.78, 5) is 16.2. The van der Waals surface area contributed by atoms with E-state index in [-0.39, 0.29) is 5.91 Å². The molecule has 1 aromatic heterocycles. The van der Waals surface area contributed by atoms with Crippen LogP contribution in [0.5, 0.6) is 0 Å². The maximum absolute atomic E-state index is 11.5. The van der Waals surface area contributed by atoms with Crippen LogP contribution in [0.4, 0.5) is 16.5 Å². The van der Waals surface area contributed by atoms with Gasteiger partial charge >= 0.3 is 0 Å². The largest absolute Gasteiger partial charge is 0.332 e. The number of nitrogens with zero attached hydrogens (tertiary/aromatic N) is 1. The summed E-state index contributed by atoms with van der Waals surface area (Å²) in [5.74, 6) is 0.00670. The molecule has 0 aliphatic rings. The van der Waals surface area contributed by atoms with Crippen molar-refractivity contribution < 1.29 is 4.79 Å². The van der Waals surface area contributed by atoms with E-state index >= 15 is 0 Å². The number of thiazole rings is 1. The highest BCUT2D eigenvalue weighted by molar-refractivity contribution is 7.14. The Hall–Kier alpha value is -2.66. The molecule has 2 N–H and O–H groups in total. The van der Waals surface area contributed by atoms with Crippen molar-refractivity contribution in [3.05, 3.63) is 59.5 Å². The Labute approximate surface area is 145 Å². The molecule has 3 aromatic rings. The fourth-order valence-electron chi connectivity index (χ4n) is 2.32. The van der Waals surface area contributed by atoms with Crippen LogP contribution in [0.15, 0.2) is 53.9 Å². The van der Waals surface area contributed by atoms with Crippen molar-refractivity contribution in [2.45, 2.75) is 20.3 Å². The second kappa shape index (κ2) is 7.27. The molecule has 0 atom stereocenters. The highest BCUT2D eigenvalue weighted by atomic mass is 32.1. The molecular weight excluding hydrogens is 318 g/mol. The summed E-state index contributed by atoms with van der Waals surface area (Å²) in [6.45, 7) is 3.90. The Kier molecular flexibility index (Phi) is 4.91. The van der Waals surface area contributed by atoms with Crippen molar-refractivity contribution in [2.75, 3.05) is 10.6 Å². The molecular formula is C19H19N3OS. The molecule has 0 unspecified atom stereocenters. The highest BCUT2D eigenvalue weighted by Gasteiger charge is 2.07. The van der Waals surface area contributed by atoms with E-state index in [0.717, 1.165) is 27.8 Å². The molecule has 0 aliphatic carbocycles. The van der Waals surface area contributed by atoms with E-state index in [1.54, 1.807) is 11.3 Å². The van der Waals surface area contributed by atoms with Gasteiger partial charge in [0.25, 0.3) is 0 Å². The van der Waals surface area contributed by atoms with E-state index in [1.165, 1.54) is 5.56 Å². The summed E-state index contributed by atoms with van der Waals surface area (Å²) in [7, 11) is 0. The molecule has 0 fully saturated rings. The van der Waals surface area contributed by atoms with Crippen LogP contribution < -0.4 is 10.6 Å². The van der Waals surface area contributed by atoms with Crippen LogP contribution in [0.2, 0.25) is 0 Å². The zero-order chi connectivity index (χ0) is 16.9. The third-order valence-electron chi connectivity index (χ3n) is 3.54. The van der Waals surface area contributed by atoms with E-state index in [2.05, 4.69) is 34.7 Å². The lowest BCUT2D eigenvalue weighted by Crippen LogP contribution is -2.09. The quantitative estimate of drug-likeness (QED) is 0.672. The molecule has 3 rings (SSSR count). The van der Waals surface area contributed by atoms with Gasteiger partial charge in [-0.05, 0) is 36.8 Å². The van der Waals surface area contributed by atoms with Crippen LogP contribution >= 0.6 is 11.3 Å². The van der Waals surface area contributed by atoms with Gasteiger partial charge in [0.2, 0.25) is 5.91 Å². The second-order valence-electron chi connectivity index (χ2n) is 5.51. The summed E-state index contributed by atoms with van der Waals surface area (Å²) in [5, 5.41) is 9.06. The van der Waals surface area contributed by atoms with Crippen LogP contribution in [0.1, 0.15) is 18.9 Å². The molecule has 1 heterocycles. The van der Waals surface area contributed by atoms with Crippen molar-refractivity contribution in [3.63, 3.8) is 0 Å². The number of aromatic nitrogens is 1. The van der Waals surface area contributed by atoms with Gasteiger partial charge in [0.1, 0.15) is 0 Å². The normalized spacial score (nSPS) is 10.4. The summed E-state index contributed by atoms with van der Waals surface area (Å²) >= 11 is 1.56. The van der Waals surface area contributed by atoms with Gasteiger partial charge in [-0.25, -0.2) is 4.98 Å². The van der Waals surface area contributed by atoms with Crippen LogP contribution in [0.3, 0.4) is 0 Å². The first-order chi connectivity index (χ1) is 11.6. The molecule has 0 spiro atoms. The van der Waals surface area contributed by atoms with E-state index in [0.29, 0.717) is 6.42 Å². The average molecular weight is 337 g/mol. The Bertz CT molecular complexity index is 857. The maximum atomic E-state index is 11.5. The Morgan fingerprint density at radius 3 is 2.71 bits per heavy atom. The van der Waals surface area contributed by atoms with Crippen molar-refractivity contribution in [3.8, 4) is 11.3 Å². The fourth-order valence-corrected chi connectivity index (χ4v) is 3.06. The molecule has 0 radical (unpaired) electrons. The van der Waals surface area contributed by atoms with E-state index in [9.17, 15) is 4.79 Å². The van der Waals surface area contributed by atoms with Gasteiger partial charge in [-0.2, -0.15) is 0 Å². The molecule has 5 heteroatoms. The van der Waals surface area contributed by atoms with E-state index in [4.69, 9.17) is 0 Å². The van der Waals surface area contributed by atoms with Gasteiger partial charge in [-0.1, -0.05) is 31.2 Å². The van der Waals surface area contributed by atoms with Gasteiger partial charge in [-0.15, -0.1) is 11.3 Å². The number of anilines is 3. The van der Waals surface area contributed by atoms with Gasteiger partial charge in [0.05, 0.1) is 5.69 Å². The van der Waals surface area contributed by atoms with Gasteiger partial charge in [-0.3, -0.25) is 4.79 Å². The van der Waals surface area contributed by atoms with Crippen LogP contribution in [0, 0.1) is 6.92 Å². The van der Waals surface area contributed by atoms with Crippen LogP contribution in [0.25, 0.3) is 11.3 Å². The lowest BCUT2D eigenvalue weighted by atomic mass is 10.1. The summed E-state index contributed by atoms with van der Waals surface area (Å²) in [5.41, 5.74) is 4.90. The standard InChI is InChI=1S/C19H19N3OS/c1-3-18(23)20-16-9-5-7-14(11-16)17-12-24-19(22-17)21-15-8-4-6-13(2)10-15/h4-12H,3H2,1-2H3,(H,20,23)(H,21,22). The van der Waals surface area contributed by atoms with Crippen molar-refractivity contribution in [1.29, 1.82) is 0 Å². The SMILES string of the molecule is CCC(=O)Nc1cccc(-c2csc(Nc3cccc(C)c3)n2)c1. The Morgan fingerprint density at radius 1 is 1.12 bits per heavy atom. The average Bonchev–Trinajstić information content (AvgIpc) is 3.03. The highest BCUT2D eigenvalue weighted by Crippen LogP contribution is 2.28. The number of nitrogens with one attached hydrogen (secondary N) is 2. The maximum Gasteiger partial charge on any atom is 0.224 e. The monoisotopic (exact) mass is 337 g/mol. The number of carbonyl (C=O) groups excluding carboxylic acids is 1. The number of rotatable bonds is 5. The first kappa shape index (κ1) is 16.2. The van der Waals surface area contributed by atoms with Crippen LogP contribution in [-0.4, -0.2) is 10.9 Å². The van der Waals surface area contributed by atoms with E-state index < -0.39 is 0 Å². The molecule has 24 heavy (non-hydrogen) atoms. The summed E-state index contributed by atoms with van der Waals surface area (Å²) in [6.07, 6.45) is 0.464. The number of amides is 1. The first-order valence-corrected chi connectivity index (χ1v) is 8.71. The van der Waals surface area contributed by atoms with Crippen molar-refractivity contribution >= 4 is 33.8 Å². The number of hydrogen-bond acceptors (Lipinski definition) is 4. The zero-order valence-corrected chi connectivity index (χ0v) is 14.5. The molecule has 0 saturated heterocycles. The van der Waals surface area contributed by atoms with Gasteiger partial charge in [0, 0.05) is 28.7 Å². The molecule has 0 saturated carbocycles.